The third-order valence-corrected chi connectivity index (χ3v) is 4.65. The number of halogens is 1. The lowest BCUT2D eigenvalue weighted by atomic mass is 9.96. The predicted octanol–water partition coefficient (Wildman–Crippen LogP) is 4.57. The van der Waals surface area contributed by atoms with Gasteiger partial charge in [-0.2, -0.15) is 0 Å². The van der Waals surface area contributed by atoms with Crippen molar-refractivity contribution in [2.45, 2.75) is 31.8 Å². The Bertz CT molecular complexity index is 556. The average Bonchev–Trinajstić information content (AvgIpc) is 2.50. The van der Waals surface area contributed by atoms with Crippen molar-refractivity contribution in [3.63, 3.8) is 0 Å². The zero-order valence-electron chi connectivity index (χ0n) is 11.5. The molecular formula is C17H19BrN2. The Kier molecular flexibility index (Phi) is 4.48. The molecule has 0 radical (unpaired) electrons. The number of pyridine rings is 1. The predicted molar refractivity (Wildman–Crippen MR) is 85.4 cm³/mol. The highest BCUT2D eigenvalue weighted by atomic mass is 79.9. The van der Waals surface area contributed by atoms with E-state index in [4.69, 9.17) is 0 Å². The monoisotopic (exact) mass is 330 g/mol. The molecule has 1 saturated heterocycles. The highest BCUT2D eigenvalue weighted by Crippen LogP contribution is 2.34. The quantitative estimate of drug-likeness (QED) is 0.766. The topological polar surface area (TPSA) is 16.1 Å². The second-order valence-electron chi connectivity index (χ2n) is 5.35. The van der Waals surface area contributed by atoms with Gasteiger partial charge in [-0.3, -0.25) is 4.90 Å². The molecule has 104 valence electrons. The van der Waals surface area contributed by atoms with Gasteiger partial charge in [0.25, 0.3) is 0 Å². The zero-order chi connectivity index (χ0) is 13.8. The number of rotatable bonds is 3. The van der Waals surface area contributed by atoms with Gasteiger partial charge in [0.1, 0.15) is 4.60 Å². The fourth-order valence-electron chi connectivity index (χ4n) is 3.00. The lowest BCUT2D eigenvalue weighted by Crippen LogP contribution is -2.33. The molecule has 3 rings (SSSR count). The lowest BCUT2D eigenvalue weighted by molar-refractivity contribution is 0.139. The standard InChI is InChI=1S/C17H19BrN2/c18-17-15(9-6-11-19-17)16-10-4-5-12-20(16)13-14-7-2-1-3-8-14/h1-3,6-9,11,16H,4-5,10,12-13H2. The first-order valence-electron chi connectivity index (χ1n) is 7.23. The Morgan fingerprint density at radius 2 is 1.95 bits per heavy atom. The minimum absolute atomic E-state index is 0.479. The Hall–Kier alpha value is -1.19. The van der Waals surface area contributed by atoms with E-state index in [9.17, 15) is 0 Å². The summed E-state index contributed by atoms with van der Waals surface area (Å²) in [5, 5.41) is 0. The van der Waals surface area contributed by atoms with Crippen LogP contribution in [0.2, 0.25) is 0 Å². The molecule has 1 aliphatic rings. The fraction of sp³-hybridized carbons (Fsp3) is 0.353. The molecule has 2 aromatic rings. The van der Waals surface area contributed by atoms with Crippen molar-refractivity contribution >= 4 is 15.9 Å². The van der Waals surface area contributed by atoms with Gasteiger partial charge in [-0.15, -0.1) is 0 Å². The SMILES string of the molecule is Brc1ncccc1C1CCCCN1Cc1ccccc1. The second-order valence-corrected chi connectivity index (χ2v) is 6.10. The summed E-state index contributed by atoms with van der Waals surface area (Å²) in [4.78, 5) is 6.97. The van der Waals surface area contributed by atoms with Crippen LogP contribution < -0.4 is 0 Å². The van der Waals surface area contributed by atoms with Crippen molar-refractivity contribution in [3.05, 3.63) is 64.4 Å². The van der Waals surface area contributed by atoms with Crippen LogP contribution in [0.15, 0.2) is 53.3 Å². The Balaban J connectivity index is 1.83. The molecule has 0 saturated carbocycles. The maximum absolute atomic E-state index is 4.39. The van der Waals surface area contributed by atoms with E-state index in [-0.39, 0.29) is 0 Å². The number of aromatic nitrogens is 1. The molecule has 1 aliphatic heterocycles. The molecule has 0 N–H and O–H groups in total. The molecule has 1 aromatic heterocycles. The maximum atomic E-state index is 4.39. The minimum Gasteiger partial charge on any atom is -0.292 e. The van der Waals surface area contributed by atoms with Gasteiger partial charge < -0.3 is 0 Å². The van der Waals surface area contributed by atoms with Gasteiger partial charge in [-0.1, -0.05) is 42.8 Å². The van der Waals surface area contributed by atoms with Crippen molar-refractivity contribution in [3.8, 4) is 0 Å². The van der Waals surface area contributed by atoms with Crippen molar-refractivity contribution in [2.24, 2.45) is 0 Å². The number of nitrogens with zero attached hydrogens (tertiary/aromatic N) is 2. The Morgan fingerprint density at radius 1 is 1.10 bits per heavy atom. The van der Waals surface area contributed by atoms with Crippen LogP contribution in [-0.2, 0) is 6.54 Å². The molecule has 0 spiro atoms. The van der Waals surface area contributed by atoms with Crippen molar-refractivity contribution in [2.75, 3.05) is 6.54 Å². The number of benzene rings is 1. The van der Waals surface area contributed by atoms with Gasteiger partial charge in [0.15, 0.2) is 0 Å². The molecule has 3 heteroatoms. The van der Waals surface area contributed by atoms with Crippen LogP contribution in [0.3, 0.4) is 0 Å². The number of hydrogen-bond donors (Lipinski definition) is 0. The first kappa shape index (κ1) is 13.8. The van der Waals surface area contributed by atoms with E-state index >= 15 is 0 Å². The summed E-state index contributed by atoms with van der Waals surface area (Å²) < 4.78 is 0.991. The molecule has 0 bridgehead atoms. The summed E-state index contributed by atoms with van der Waals surface area (Å²) in [6, 6.07) is 15.5. The Morgan fingerprint density at radius 3 is 2.75 bits per heavy atom. The fourth-order valence-corrected chi connectivity index (χ4v) is 3.51. The molecule has 0 amide bonds. The highest BCUT2D eigenvalue weighted by Gasteiger charge is 2.25. The number of piperidine rings is 1. The first-order chi connectivity index (χ1) is 9.84. The van der Waals surface area contributed by atoms with Crippen LogP contribution in [0.4, 0.5) is 0 Å². The summed E-state index contributed by atoms with van der Waals surface area (Å²) in [5.41, 5.74) is 2.71. The van der Waals surface area contributed by atoms with Crippen LogP contribution >= 0.6 is 15.9 Å². The molecule has 1 unspecified atom stereocenters. The van der Waals surface area contributed by atoms with E-state index in [2.05, 4.69) is 62.2 Å². The molecular weight excluding hydrogens is 312 g/mol. The van der Waals surface area contributed by atoms with E-state index in [0.29, 0.717) is 6.04 Å². The molecule has 0 aliphatic carbocycles. The van der Waals surface area contributed by atoms with Crippen LogP contribution in [0.5, 0.6) is 0 Å². The molecule has 20 heavy (non-hydrogen) atoms. The van der Waals surface area contributed by atoms with Crippen LogP contribution in [0.25, 0.3) is 0 Å². The smallest absolute Gasteiger partial charge is 0.110 e. The van der Waals surface area contributed by atoms with Crippen LogP contribution in [0, 0.1) is 0 Å². The zero-order valence-corrected chi connectivity index (χ0v) is 13.1. The number of likely N-dealkylation sites (tertiary alicyclic amines) is 1. The largest absolute Gasteiger partial charge is 0.292 e. The van der Waals surface area contributed by atoms with E-state index in [0.717, 1.165) is 11.1 Å². The maximum Gasteiger partial charge on any atom is 0.110 e. The molecule has 1 aromatic carbocycles. The van der Waals surface area contributed by atoms with Gasteiger partial charge in [0, 0.05) is 24.3 Å². The van der Waals surface area contributed by atoms with Crippen molar-refractivity contribution < 1.29 is 0 Å². The molecule has 1 fully saturated rings. The van der Waals surface area contributed by atoms with Gasteiger partial charge in [-0.05, 0) is 46.9 Å². The normalized spacial score (nSPS) is 19.9. The third kappa shape index (κ3) is 3.10. The van der Waals surface area contributed by atoms with E-state index in [1.165, 1.54) is 36.9 Å². The second kappa shape index (κ2) is 6.51. The van der Waals surface area contributed by atoms with E-state index in [1.807, 2.05) is 12.3 Å². The minimum atomic E-state index is 0.479. The number of hydrogen-bond acceptors (Lipinski definition) is 2. The Labute approximate surface area is 129 Å². The van der Waals surface area contributed by atoms with Crippen molar-refractivity contribution in [1.29, 1.82) is 0 Å². The third-order valence-electron chi connectivity index (χ3n) is 3.99. The van der Waals surface area contributed by atoms with Gasteiger partial charge in [0.05, 0.1) is 0 Å². The van der Waals surface area contributed by atoms with Crippen LogP contribution in [-0.4, -0.2) is 16.4 Å². The van der Waals surface area contributed by atoms with E-state index in [1.54, 1.807) is 0 Å². The summed E-state index contributed by atoms with van der Waals surface area (Å²) >= 11 is 3.61. The summed E-state index contributed by atoms with van der Waals surface area (Å²) in [6.45, 7) is 2.19. The van der Waals surface area contributed by atoms with Gasteiger partial charge >= 0.3 is 0 Å². The van der Waals surface area contributed by atoms with Crippen molar-refractivity contribution in [1.82, 2.24) is 9.88 Å². The molecule has 2 nitrogen and oxygen atoms in total. The lowest BCUT2D eigenvalue weighted by Gasteiger charge is -2.36. The average molecular weight is 331 g/mol. The van der Waals surface area contributed by atoms with Gasteiger partial charge in [0.2, 0.25) is 0 Å². The molecule has 1 atom stereocenters. The highest BCUT2D eigenvalue weighted by molar-refractivity contribution is 9.10. The van der Waals surface area contributed by atoms with Gasteiger partial charge in [-0.25, -0.2) is 4.98 Å². The first-order valence-corrected chi connectivity index (χ1v) is 8.02. The summed E-state index contributed by atoms with van der Waals surface area (Å²) in [5.74, 6) is 0. The van der Waals surface area contributed by atoms with Crippen LogP contribution in [0.1, 0.15) is 36.4 Å². The van der Waals surface area contributed by atoms with E-state index < -0.39 is 0 Å². The molecule has 2 heterocycles. The summed E-state index contributed by atoms with van der Waals surface area (Å²) in [7, 11) is 0. The summed E-state index contributed by atoms with van der Waals surface area (Å²) in [6.07, 6.45) is 5.66.